The molecule has 0 aliphatic heterocycles. The Morgan fingerprint density at radius 2 is 1.89 bits per heavy atom. The lowest BCUT2D eigenvalue weighted by molar-refractivity contribution is -0.118. The third-order valence-corrected chi connectivity index (χ3v) is 1.04. The second-order valence-corrected chi connectivity index (χ2v) is 1.62. The molecule has 1 atom stereocenters. The molecule has 2 nitrogen and oxygen atoms in total. The molecule has 0 aromatic rings. The Labute approximate surface area is 56.6 Å². The molecule has 0 aromatic carbocycles. The van der Waals surface area contributed by atoms with Crippen molar-refractivity contribution in [3.8, 4) is 12.8 Å². The van der Waals surface area contributed by atoms with Gasteiger partial charge in [-0.05, 0) is 20.9 Å². The number of nitrogens with one attached hydrogen (secondary N) is 1. The van der Waals surface area contributed by atoms with Crippen LogP contribution < -0.4 is 5.32 Å². The Balaban J connectivity index is 0. The first kappa shape index (κ1) is 11.0. The number of hydrogen-bond donors (Lipinski definition) is 1. The Bertz CT molecular complexity index is 96.3. The molecular formula is C7H13NO. The zero-order valence-electron chi connectivity index (χ0n) is 6.14. The summed E-state index contributed by atoms with van der Waals surface area (Å²) in [6, 6.07) is 0.0139. The lowest BCUT2D eigenvalue weighted by Gasteiger charge is -2.01. The summed E-state index contributed by atoms with van der Waals surface area (Å²) in [6.07, 6.45) is 8.00. The van der Waals surface area contributed by atoms with Crippen LogP contribution in [0.15, 0.2) is 0 Å². The smallest absolute Gasteiger partial charge is 0.146 e. The molecule has 1 N–H and O–H groups in total. The highest BCUT2D eigenvalue weighted by Crippen LogP contribution is 1.77. The highest BCUT2D eigenvalue weighted by molar-refractivity contribution is 5.80. The van der Waals surface area contributed by atoms with E-state index in [0.29, 0.717) is 0 Å². The van der Waals surface area contributed by atoms with Crippen molar-refractivity contribution in [3.63, 3.8) is 0 Å². The van der Waals surface area contributed by atoms with Crippen LogP contribution in [-0.2, 0) is 4.79 Å². The Kier molecular flexibility index (Phi) is 8.83. The number of carbonyl (C=O) groups is 1. The third kappa shape index (κ3) is 7.19. The first-order valence-corrected chi connectivity index (χ1v) is 2.69. The maximum Gasteiger partial charge on any atom is 0.146 e. The normalized spacial score (nSPS) is 10.8. The van der Waals surface area contributed by atoms with Gasteiger partial charge in [-0.2, -0.15) is 0 Å². The van der Waals surface area contributed by atoms with Crippen LogP contribution in [-0.4, -0.2) is 18.9 Å². The molecule has 0 bridgehead atoms. The fraction of sp³-hybridized carbons (Fsp3) is 0.571. The summed E-state index contributed by atoms with van der Waals surface area (Å²) in [4.78, 5) is 10.3. The van der Waals surface area contributed by atoms with Gasteiger partial charge in [0.05, 0.1) is 6.04 Å². The van der Waals surface area contributed by atoms with Gasteiger partial charge in [0, 0.05) is 0 Å². The SMILES string of the molecule is C#C.CN[C@@H](C)C(C)=O. The van der Waals surface area contributed by atoms with E-state index in [0.717, 1.165) is 0 Å². The molecule has 0 fully saturated rings. The van der Waals surface area contributed by atoms with Crippen molar-refractivity contribution in [2.45, 2.75) is 19.9 Å². The van der Waals surface area contributed by atoms with Crippen LogP contribution >= 0.6 is 0 Å². The maximum absolute atomic E-state index is 10.3. The first-order chi connectivity index (χ1) is 4.18. The van der Waals surface area contributed by atoms with E-state index < -0.39 is 0 Å². The van der Waals surface area contributed by atoms with Gasteiger partial charge in [0.1, 0.15) is 5.78 Å². The fourth-order valence-electron chi connectivity index (χ4n) is 0.203. The van der Waals surface area contributed by atoms with Crippen molar-refractivity contribution in [1.29, 1.82) is 0 Å². The topological polar surface area (TPSA) is 29.1 Å². The summed E-state index contributed by atoms with van der Waals surface area (Å²) < 4.78 is 0. The van der Waals surface area contributed by atoms with Crippen molar-refractivity contribution >= 4 is 5.78 Å². The quantitative estimate of drug-likeness (QED) is 0.545. The second kappa shape index (κ2) is 7.19. The van der Waals surface area contributed by atoms with Crippen molar-refractivity contribution in [2.75, 3.05) is 7.05 Å². The van der Waals surface area contributed by atoms with Crippen molar-refractivity contribution in [2.24, 2.45) is 0 Å². The van der Waals surface area contributed by atoms with Gasteiger partial charge in [0.15, 0.2) is 0 Å². The Morgan fingerprint density at radius 3 is 1.89 bits per heavy atom. The molecule has 2 heteroatoms. The van der Waals surface area contributed by atoms with Crippen LogP contribution in [0.5, 0.6) is 0 Å². The lowest BCUT2D eigenvalue weighted by Crippen LogP contribution is -2.28. The van der Waals surface area contributed by atoms with E-state index in [-0.39, 0.29) is 11.8 Å². The monoisotopic (exact) mass is 127 g/mol. The van der Waals surface area contributed by atoms with Gasteiger partial charge in [-0.15, -0.1) is 12.8 Å². The lowest BCUT2D eigenvalue weighted by atomic mass is 10.2. The zero-order chi connectivity index (χ0) is 7.86. The summed E-state index contributed by atoms with van der Waals surface area (Å²) >= 11 is 0. The molecule has 0 rings (SSSR count). The molecule has 0 aliphatic carbocycles. The molecule has 0 amide bonds. The molecule has 0 unspecified atom stereocenters. The summed E-state index contributed by atoms with van der Waals surface area (Å²) in [7, 11) is 1.77. The van der Waals surface area contributed by atoms with E-state index in [4.69, 9.17) is 0 Å². The standard InChI is InChI=1S/C5H11NO.C2H2/c1-4(6-3)5(2)7;1-2/h4,6H,1-3H3;1-2H/t4-;/m0./s1. The van der Waals surface area contributed by atoms with Crippen LogP contribution in [0, 0.1) is 12.8 Å². The van der Waals surface area contributed by atoms with Crippen LogP contribution in [0.2, 0.25) is 0 Å². The molecule has 0 aliphatic rings. The molecule has 9 heavy (non-hydrogen) atoms. The molecule has 0 saturated carbocycles. The molecule has 0 saturated heterocycles. The Hall–Kier alpha value is -0.810. The number of likely N-dealkylation sites (N-methyl/N-ethyl adjacent to an activating group) is 1. The number of hydrogen-bond acceptors (Lipinski definition) is 2. The van der Waals surface area contributed by atoms with Gasteiger partial charge < -0.3 is 5.32 Å². The maximum atomic E-state index is 10.3. The molecule has 0 spiro atoms. The highest BCUT2D eigenvalue weighted by atomic mass is 16.1. The number of terminal acetylenes is 1. The van der Waals surface area contributed by atoms with Gasteiger partial charge >= 0.3 is 0 Å². The zero-order valence-corrected chi connectivity index (χ0v) is 6.14. The first-order valence-electron chi connectivity index (χ1n) is 2.69. The fourth-order valence-corrected chi connectivity index (χ4v) is 0.203. The molecule has 52 valence electrons. The van der Waals surface area contributed by atoms with Crippen molar-refractivity contribution < 1.29 is 4.79 Å². The predicted octanol–water partition coefficient (Wildman–Crippen LogP) is 0.433. The predicted molar refractivity (Wildman–Crippen MR) is 39.1 cm³/mol. The van der Waals surface area contributed by atoms with E-state index in [1.807, 2.05) is 6.92 Å². The average molecular weight is 127 g/mol. The van der Waals surface area contributed by atoms with Crippen molar-refractivity contribution in [3.05, 3.63) is 0 Å². The van der Waals surface area contributed by atoms with E-state index in [1.54, 1.807) is 14.0 Å². The summed E-state index contributed by atoms with van der Waals surface area (Å²) in [5.74, 6) is 0.183. The minimum Gasteiger partial charge on any atom is -0.311 e. The van der Waals surface area contributed by atoms with Crippen LogP contribution in [0.3, 0.4) is 0 Å². The molecular weight excluding hydrogens is 114 g/mol. The largest absolute Gasteiger partial charge is 0.311 e. The highest BCUT2D eigenvalue weighted by Gasteiger charge is 2.00. The molecule has 0 aromatic heterocycles. The van der Waals surface area contributed by atoms with Gasteiger partial charge in [-0.25, -0.2) is 0 Å². The van der Waals surface area contributed by atoms with Gasteiger partial charge in [-0.1, -0.05) is 0 Å². The van der Waals surface area contributed by atoms with E-state index in [1.165, 1.54) is 0 Å². The van der Waals surface area contributed by atoms with Crippen LogP contribution in [0.4, 0.5) is 0 Å². The number of rotatable bonds is 2. The molecule has 0 radical (unpaired) electrons. The summed E-state index contributed by atoms with van der Waals surface area (Å²) in [5.41, 5.74) is 0. The number of Topliss-reactive ketones (excluding diaryl/α,β-unsaturated/α-hetero) is 1. The number of carbonyl (C=O) groups excluding carboxylic acids is 1. The van der Waals surface area contributed by atoms with Crippen LogP contribution in [0.1, 0.15) is 13.8 Å². The minimum absolute atomic E-state index is 0.0139. The van der Waals surface area contributed by atoms with Gasteiger partial charge in [0.2, 0.25) is 0 Å². The van der Waals surface area contributed by atoms with Crippen LogP contribution in [0.25, 0.3) is 0 Å². The van der Waals surface area contributed by atoms with E-state index in [9.17, 15) is 4.79 Å². The van der Waals surface area contributed by atoms with Gasteiger partial charge in [0.25, 0.3) is 0 Å². The molecule has 0 heterocycles. The van der Waals surface area contributed by atoms with E-state index in [2.05, 4.69) is 18.2 Å². The van der Waals surface area contributed by atoms with Crippen molar-refractivity contribution in [1.82, 2.24) is 5.32 Å². The second-order valence-electron chi connectivity index (χ2n) is 1.62. The summed E-state index contributed by atoms with van der Waals surface area (Å²) in [6.45, 7) is 3.41. The number of ketones is 1. The third-order valence-electron chi connectivity index (χ3n) is 1.04. The Morgan fingerprint density at radius 1 is 1.56 bits per heavy atom. The summed E-state index contributed by atoms with van der Waals surface area (Å²) in [5, 5.41) is 2.81. The van der Waals surface area contributed by atoms with E-state index >= 15 is 0 Å². The average Bonchev–Trinajstić information content (AvgIpc) is 1.91. The van der Waals surface area contributed by atoms with Gasteiger partial charge in [-0.3, -0.25) is 4.79 Å². The minimum atomic E-state index is 0.0139.